The average Bonchev–Trinajstić information content (AvgIpc) is 2.19. The summed E-state index contributed by atoms with van der Waals surface area (Å²) >= 11 is 0. The number of hydrogen-bond acceptors (Lipinski definition) is 2. The van der Waals surface area contributed by atoms with Gasteiger partial charge < -0.3 is 9.53 Å². The lowest BCUT2D eigenvalue weighted by atomic mass is 10.2. The third-order valence-corrected chi connectivity index (χ3v) is 8.51. The normalized spacial score (nSPS) is 13.9. The molecule has 2 nitrogen and oxygen atoms in total. The van der Waals surface area contributed by atoms with Crippen LogP contribution in [0.3, 0.4) is 0 Å². The molecule has 0 amide bonds. The molecule has 4 heteroatoms. The Balaban J connectivity index is 4.38. The van der Waals surface area contributed by atoms with E-state index >= 15 is 0 Å². The summed E-state index contributed by atoms with van der Waals surface area (Å²) in [6.45, 7) is 17.8. The van der Waals surface area contributed by atoms with Crippen LogP contribution in [0, 0.1) is 23.3 Å². The summed E-state index contributed by atoms with van der Waals surface area (Å²) in [5, 5.41) is 9.82. The van der Waals surface area contributed by atoms with Gasteiger partial charge >= 0.3 is 0 Å². The standard InChI is InChI=1S/C15H28O2Si2/c1-15(2,3)19(7,8)17-12-9-10-14(16)11-13-18(4,5)6/h14,16H,12H2,1-8H3. The number of rotatable bonds is 2. The molecule has 0 aromatic rings. The van der Waals surface area contributed by atoms with Gasteiger partial charge in [0.15, 0.2) is 14.4 Å². The van der Waals surface area contributed by atoms with Gasteiger partial charge in [0, 0.05) is 0 Å². The van der Waals surface area contributed by atoms with Crippen LogP contribution in [-0.4, -0.2) is 34.2 Å². The molecule has 0 saturated heterocycles. The quantitative estimate of drug-likeness (QED) is 0.626. The zero-order valence-electron chi connectivity index (χ0n) is 13.6. The third-order valence-electron chi connectivity index (χ3n) is 3.13. The van der Waals surface area contributed by atoms with Crippen LogP contribution in [0.15, 0.2) is 0 Å². The van der Waals surface area contributed by atoms with Crippen LogP contribution in [0.4, 0.5) is 0 Å². The molecule has 0 aromatic heterocycles. The summed E-state index contributed by atoms with van der Waals surface area (Å²) < 4.78 is 5.90. The van der Waals surface area contributed by atoms with Gasteiger partial charge in [-0.3, -0.25) is 0 Å². The zero-order valence-corrected chi connectivity index (χ0v) is 15.6. The fourth-order valence-corrected chi connectivity index (χ4v) is 2.33. The van der Waals surface area contributed by atoms with Crippen molar-refractivity contribution in [3.63, 3.8) is 0 Å². The molecule has 0 radical (unpaired) electrons. The van der Waals surface area contributed by atoms with Crippen molar-refractivity contribution in [3.8, 4) is 23.3 Å². The highest BCUT2D eigenvalue weighted by molar-refractivity contribution is 6.83. The minimum atomic E-state index is -1.74. The molecule has 0 aromatic carbocycles. The molecule has 1 N–H and O–H groups in total. The van der Waals surface area contributed by atoms with Crippen molar-refractivity contribution in [1.82, 2.24) is 0 Å². The van der Waals surface area contributed by atoms with Gasteiger partial charge in [0.2, 0.25) is 0 Å². The summed E-state index contributed by atoms with van der Waals surface area (Å²) in [7, 11) is -3.17. The van der Waals surface area contributed by atoms with Gasteiger partial charge in [0.25, 0.3) is 0 Å². The Kier molecular flexibility index (Phi) is 6.58. The Hall–Kier alpha value is -0.526. The van der Waals surface area contributed by atoms with E-state index in [4.69, 9.17) is 4.43 Å². The highest BCUT2D eigenvalue weighted by atomic mass is 28.4. The molecule has 19 heavy (non-hydrogen) atoms. The second-order valence-electron chi connectivity index (χ2n) is 7.29. The van der Waals surface area contributed by atoms with E-state index in [1.54, 1.807) is 0 Å². The molecule has 0 aliphatic carbocycles. The predicted octanol–water partition coefficient (Wildman–Crippen LogP) is 3.25. The van der Waals surface area contributed by atoms with Gasteiger partial charge in [0.1, 0.15) is 8.07 Å². The summed E-state index contributed by atoms with van der Waals surface area (Å²) in [6, 6.07) is 0. The Morgan fingerprint density at radius 3 is 2.00 bits per heavy atom. The van der Waals surface area contributed by atoms with Crippen molar-refractivity contribution in [2.24, 2.45) is 0 Å². The smallest absolute Gasteiger partial charge is 0.193 e. The molecule has 0 heterocycles. The van der Waals surface area contributed by atoms with E-state index in [-0.39, 0.29) is 5.04 Å². The molecule has 1 unspecified atom stereocenters. The van der Waals surface area contributed by atoms with Gasteiger partial charge in [-0.25, -0.2) is 0 Å². The number of aliphatic hydroxyl groups excluding tert-OH is 1. The van der Waals surface area contributed by atoms with E-state index in [0.717, 1.165) is 0 Å². The lowest BCUT2D eigenvalue weighted by molar-refractivity contribution is 0.288. The monoisotopic (exact) mass is 296 g/mol. The van der Waals surface area contributed by atoms with Crippen LogP contribution in [0.2, 0.25) is 37.8 Å². The van der Waals surface area contributed by atoms with Crippen LogP contribution < -0.4 is 0 Å². The summed E-state index contributed by atoms with van der Waals surface area (Å²) in [4.78, 5) is 0. The number of hydrogen-bond donors (Lipinski definition) is 1. The average molecular weight is 297 g/mol. The SMILES string of the molecule is CC(C)(C)[Si](C)(C)OCC#CC(O)C#C[Si](C)(C)C. The fourth-order valence-electron chi connectivity index (χ4n) is 0.892. The second-order valence-corrected chi connectivity index (χ2v) is 16.9. The first-order valence-electron chi connectivity index (χ1n) is 6.68. The minimum absolute atomic E-state index is 0.185. The lowest BCUT2D eigenvalue weighted by Gasteiger charge is -2.35. The molecule has 0 bridgehead atoms. The van der Waals surface area contributed by atoms with E-state index in [1.165, 1.54) is 0 Å². The first-order chi connectivity index (χ1) is 8.35. The Morgan fingerprint density at radius 2 is 1.58 bits per heavy atom. The molecule has 0 spiro atoms. The fraction of sp³-hybridized carbons (Fsp3) is 0.733. The topological polar surface area (TPSA) is 29.5 Å². The Morgan fingerprint density at radius 1 is 1.05 bits per heavy atom. The van der Waals surface area contributed by atoms with Crippen LogP contribution in [0.25, 0.3) is 0 Å². The van der Waals surface area contributed by atoms with Gasteiger partial charge in [0.05, 0.1) is 6.61 Å². The molecule has 1 atom stereocenters. The Bertz CT molecular complexity index is 406. The van der Waals surface area contributed by atoms with E-state index in [9.17, 15) is 5.11 Å². The lowest BCUT2D eigenvalue weighted by Crippen LogP contribution is -2.40. The third kappa shape index (κ3) is 8.28. The molecular formula is C15H28O2Si2. The van der Waals surface area contributed by atoms with Crippen molar-refractivity contribution in [1.29, 1.82) is 0 Å². The van der Waals surface area contributed by atoms with Gasteiger partial charge in [-0.15, -0.1) is 5.54 Å². The zero-order chi connectivity index (χ0) is 15.3. The largest absolute Gasteiger partial charge is 0.406 e. The first-order valence-corrected chi connectivity index (χ1v) is 13.1. The van der Waals surface area contributed by atoms with Crippen molar-refractivity contribution in [3.05, 3.63) is 0 Å². The van der Waals surface area contributed by atoms with Crippen molar-refractivity contribution < 1.29 is 9.53 Å². The summed E-state index contributed by atoms with van der Waals surface area (Å²) in [5.41, 5.74) is 3.11. The van der Waals surface area contributed by atoms with Crippen LogP contribution >= 0.6 is 0 Å². The second kappa shape index (κ2) is 6.77. The van der Waals surface area contributed by atoms with Crippen LogP contribution in [0.5, 0.6) is 0 Å². The van der Waals surface area contributed by atoms with Crippen LogP contribution in [-0.2, 0) is 4.43 Å². The van der Waals surface area contributed by atoms with Crippen molar-refractivity contribution in [2.45, 2.75) is 64.6 Å². The molecule has 0 fully saturated rings. The van der Waals surface area contributed by atoms with Crippen molar-refractivity contribution >= 4 is 16.4 Å². The van der Waals surface area contributed by atoms with E-state index in [1.807, 2.05) is 0 Å². The summed E-state index contributed by atoms with van der Waals surface area (Å²) in [5.74, 6) is 8.41. The van der Waals surface area contributed by atoms with E-state index in [2.05, 4.69) is 76.8 Å². The Labute approximate surface area is 121 Å². The van der Waals surface area contributed by atoms with E-state index < -0.39 is 22.5 Å². The summed E-state index contributed by atoms with van der Waals surface area (Å²) in [6.07, 6.45) is -0.852. The molecule has 108 valence electrons. The van der Waals surface area contributed by atoms with Crippen LogP contribution in [0.1, 0.15) is 20.8 Å². The maximum absolute atomic E-state index is 9.63. The molecule has 0 saturated carbocycles. The predicted molar refractivity (Wildman–Crippen MR) is 88.1 cm³/mol. The highest BCUT2D eigenvalue weighted by Crippen LogP contribution is 2.36. The van der Waals surface area contributed by atoms with E-state index in [0.29, 0.717) is 6.61 Å². The minimum Gasteiger partial charge on any atom is -0.406 e. The molecule has 0 rings (SSSR count). The van der Waals surface area contributed by atoms with Gasteiger partial charge in [-0.1, -0.05) is 58.2 Å². The maximum atomic E-state index is 9.63. The first kappa shape index (κ1) is 18.5. The van der Waals surface area contributed by atoms with Crippen molar-refractivity contribution in [2.75, 3.05) is 6.61 Å². The molecular weight excluding hydrogens is 268 g/mol. The van der Waals surface area contributed by atoms with Gasteiger partial charge in [-0.2, -0.15) is 0 Å². The van der Waals surface area contributed by atoms with Gasteiger partial charge in [-0.05, 0) is 18.1 Å². The highest BCUT2D eigenvalue weighted by Gasteiger charge is 2.36. The molecule has 0 aliphatic rings. The molecule has 0 aliphatic heterocycles. The number of aliphatic hydroxyl groups is 1. The maximum Gasteiger partial charge on any atom is 0.193 e.